The van der Waals surface area contributed by atoms with Crippen LogP contribution in [-0.2, 0) is 11.3 Å². The van der Waals surface area contributed by atoms with Crippen molar-refractivity contribution in [2.24, 2.45) is 0 Å². The van der Waals surface area contributed by atoms with E-state index < -0.39 is 0 Å². The van der Waals surface area contributed by atoms with Gasteiger partial charge in [0, 0.05) is 17.2 Å². The molecule has 3 heterocycles. The van der Waals surface area contributed by atoms with Crippen LogP contribution in [0.15, 0.2) is 51.4 Å². The van der Waals surface area contributed by atoms with Gasteiger partial charge in [-0.15, -0.1) is 16.4 Å². The molecule has 142 valence electrons. The van der Waals surface area contributed by atoms with Gasteiger partial charge in [0.15, 0.2) is 11.5 Å². The van der Waals surface area contributed by atoms with Crippen LogP contribution in [0, 0.1) is 0 Å². The third-order valence-corrected chi connectivity index (χ3v) is 5.72. The van der Waals surface area contributed by atoms with Crippen LogP contribution in [0.4, 0.5) is 5.69 Å². The number of nitrogens with zero attached hydrogens (tertiary/aromatic N) is 4. The Labute approximate surface area is 167 Å². The van der Waals surface area contributed by atoms with Crippen molar-refractivity contribution in [3.63, 3.8) is 0 Å². The average Bonchev–Trinajstić information content (AvgIpc) is 3.41. The summed E-state index contributed by atoms with van der Waals surface area (Å²) in [6.07, 6.45) is 0. The van der Waals surface area contributed by atoms with Crippen molar-refractivity contribution < 1.29 is 14.0 Å². The molecule has 0 bridgehead atoms. The van der Waals surface area contributed by atoms with Crippen molar-refractivity contribution in [1.29, 1.82) is 0 Å². The first-order valence-electron chi connectivity index (χ1n) is 8.35. The van der Waals surface area contributed by atoms with Crippen LogP contribution in [0.1, 0.15) is 22.4 Å². The molecule has 28 heavy (non-hydrogen) atoms. The zero-order valence-corrected chi connectivity index (χ0v) is 16.4. The minimum absolute atomic E-state index is 0.0989. The summed E-state index contributed by atoms with van der Waals surface area (Å²) in [5, 5.41) is 17.7. The van der Waals surface area contributed by atoms with Gasteiger partial charge < -0.3 is 9.73 Å². The molecule has 0 radical (unpaired) electrons. The van der Waals surface area contributed by atoms with E-state index in [0.717, 1.165) is 4.88 Å². The van der Waals surface area contributed by atoms with Gasteiger partial charge in [-0.05, 0) is 34.0 Å². The molecule has 1 aromatic carbocycles. The lowest BCUT2D eigenvalue weighted by Crippen LogP contribution is -2.16. The molecule has 0 atom stereocenters. The standard InChI is InChI=1S/C18H15N5O3S2/c1-11(24)17-16(13-6-2-3-7-14(13)26-17)19-15(25)10-28-18-20-21-22-23(18)9-12-5-4-8-27-12/h2-8H,9-10H2,1H3,(H,19,25). The number of nitrogens with one attached hydrogen (secondary N) is 1. The Morgan fingerprint density at radius 2 is 2.11 bits per heavy atom. The molecule has 4 rings (SSSR count). The molecule has 4 aromatic rings. The number of anilines is 1. The zero-order valence-electron chi connectivity index (χ0n) is 14.8. The van der Waals surface area contributed by atoms with Gasteiger partial charge in [0.25, 0.3) is 0 Å². The maximum Gasteiger partial charge on any atom is 0.234 e. The van der Waals surface area contributed by atoms with E-state index in [-0.39, 0.29) is 23.2 Å². The van der Waals surface area contributed by atoms with Crippen LogP contribution in [0.2, 0.25) is 0 Å². The van der Waals surface area contributed by atoms with Gasteiger partial charge in [0.1, 0.15) is 5.58 Å². The maximum absolute atomic E-state index is 12.5. The number of Topliss-reactive ketones (excluding diaryl/α,β-unsaturated/α-hetero) is 1. The Morgan fingerprint density at radius 1 is 1.25 bits per heavy atom. The van der Waals surface area contributed by atoms with E-state index in [4.69, 9.17) is 4.42 Å². The number of ketones is 1. The van der Waals surface area contributed by atoms with Crippen LogP contribution in [-0.4, -0.2) is 37.7 Å². The van der Waals surface area contributed by atoms with E-state index >= 15 is 0 Å². The van der Waals surface area contributed by atoms with E-state index in [0.29, 0.717) is 28.4 Å². The number of thioether (sulfide) groups is 1. The lowest BCUT2D eigenvalue weighted by molar-refractivity contribution is -0.113. The Morgan fingerprint density at radius 3 is 2.89 bits per heavy atom. The number of furan rings is 1. The number of hydrogen-bond acceptors (Lipinski definition) is 8. The molecule has 0 aliphatic rings. The van der Waals surface area contributed by atoms with Gasteiger partial charge >= 0.3 is 0 Å². The number of carbonyl (C=O) groups excluding carboxylic acids is 2. The molecule has 0 unspecified atom stereocenters. The minimum atomic E-state index is -0.273. The molecule has 0 aliphatic heterocycles. The Kier molecular flexibility index (Phi) is 5.22. The first-order valence-corrected chi connectivity index (χ1v) is 10.2. The average molecular weight is 413 g/mol. The molecule has 10 heteroatoms. The highest BCUT2D eigenvalue weighted by Gasteiger charge is 2.20. The normalized spacial score (nSPS) is 11.0. The van der Waals surface area contributed by atoms with E-state index in [9.17, 15) is 9.59 Å². The maximum atomic E-state index is 12.5. The third-order valence-electron chi connectivity index (χ3n) is 3.90. The second-order valence-electron chi connectivity index (χ2n) is 5.89. The third kappa shape index (κ3) is 3.82. The van der Waals surface area contributed by atoms with Crippen LogP contribution in [0.5, 0.6) is 0 Å². The predicted molar refractivity (Wildman–Crippen MR) is 107 cm³/mol. The van der Waals surface area contributed by atoms with E-state index in [1.165, 1.54) is 18.7 Å². The Balaban J connectivity index is 1.46. The fourth-order valence-corrected chi connectivity index (χ4v) is 4.03. The summed E-state index contributed by atoms with van der Waals surface area (Å²) in [7, 11) is 0. The van der Waals surface area contributed by atoms with Crippen LogP contribution in [0.25, 0.3) is 11.0 Å². The smallest absolute Gasteiger partial charge is 0.234 e. The molecule has 0 aliphatic carbocycles. The second kappa shape index (κ2) is 7.95. The first kappa shape index (κ1) is 18.4. The van der Waals surface area contributed by atoms with Gasteiger partial charge in [-0.2, -0.15) is 0 Å². The van der Waals surface area contributed by atoms with Crippen molar-refractivity contribution in [2.45, 2.75) is 18.6 Å². The number of rotatable bonds is 7. The monoisotopic (exact) mass is 413 g/mol. The quantitative estimate of drug-likeness (QED) is 0.365. The van der Waals surface area contributed by atoms with E-state index in [1.54, 1.807) is 28.2 Å². The second-order valence-corrected chi connectivity index (χ2v) is 7.87. The molecular formula is C18H15N5O3S2. The highest BCUT2D eigenvalue weighted by Crippen LogP contribution is 2.31. The van der Waals surface area contributed by atoms with E-state index in [2.05, 4.69) is 20.8 Å². The van der Waals surface area contributed by atoms with E-state index in [1.807, 2.05) is 29.6 Å². The number of para-hydroxylation sites is 1. The number of hydrogen-bond donors (Lipinski definition) is 1. The molecule has 8 nitrogen and oxygen atoms in total. The number of carbonyl (C=O) groups is 2. The number of amides is 1. The molecular weight excluding hydrogens is 398 g/mol. The predicted octanol–water partition coefficient (Wildman–Crippen LogP) is 3.46. The van der Waals surface area contributed by atoms with Gasteiger partial charge in [0.05, 0.1) is 18.0 Å². The van der Waals surface area contributed by atoms with Crippen LogP contribution >= 0.6 is 23.1 Å². The van der Waals surface area contributed by atoms with Crippen molar-refractivity contribution in [3.05, 3.63) is 52.4 Å². The molecule has 0 saturated carbocycles. The van der Waals surface area contributed by atoms with Gasteiger partial charge in [-0.25, -0.2) is 4.68 Å². The minimum Gasteiger partial charge on any atom is -0.451 e. The number of benzene rings is 1. The lowest BCUT2D eigenvalue weighted by Gasteiger charge is -2.05. The van der Waals surface area contributed by atoms with Gasteiger partial charge in [0.2, 0.25) is 11.1 Å². The topological polar surface area (TPSA) is 103 Å². The summed E-state index contributed by atoms with van der Waals surface area (Å²) in [6.45, 7) is 1.95. The number of tetrazole rings is 1. The summed E-state index contributed by atoms with van der Waals surface area (Å²) >= 11 is 2.84. The van der Waals surface area contributed by atoms with Crippen LogP contribution < -0.4 is 5.32 Å². The highest BCUT2D eigenvalue weighted by atomic mass is 32.2. The zero-order chi connectivity index (χ0) is 19.5. The first-order chi connectivity index (χ1) is 13.6. The van der Waals surface area contributed by atoms with Gasteiger partial charge in [-0.3, -0.25) is 9.59 Å². The molecule has 0 saturated heterocycles. The fraction of sp³-hybridized carbons (Fsp3) is 0.167. The highest BCUT2D eigenvalue weighted by molar-refractivity contribution is 7.99. The molecule has 1 N–H and O–H groups in total. The molecule has 3 aromatic heterocycles. The van der Waals surface area contributed by atoms with Crippen molar-refractivity contribution >= 4 is 51.4 Å². The summed E-state index contributed by atoms with van der Waals surface area (Å²) in [5.41, 5.74) is 0.947. The molecule has 0 fully saturated rings. The summed E-state index contributed by atoms with van der Waals surface area (Å²) < 4.78 is 7.23. The molecule has 0 spiro atoms. The molecule has 1 amide bonds. The lowest BCUT2D eigenvalue weighted by atomic mass is 10.2. The Hall–Kier alpha value is -2.98. The van der Waals surface area contributed by atoms with Gasteiger partial charge in [-0.1, -0.05) is 30.0 Å². The van der Waals surface area contributed by atoms with Crippen LogP contribution in [0.3, 0.4) is 0 Å². The summed E-state index contributed by atoms with van der Waals surface area (Å²) in [6, 6.07) is 11.2. The largest absolute Gasteiger partial charge is 0.451 e. The summed E-state index contributed by atoms with van der Waals surface area (Å²) in [5.74, 6) is -0.285. The van der Waals surface area contributed by atoms with Crippen molar-refractivity contribution in [3.8, 4) is 0 Å². The Bertz CT molecular complexity index is 1130. The number of thiophene rings is 1. The number of fused-ring (bicyclic) bond motifs is 1. The van der Waals surface area contributed by atoms with Crippen molar-refractivity contribution in [2.75, 3.05) is 11.1 Å². The van der Waals surface area contributed by atoms with Crippen molar-refractivity contribution in [1.82, 2.24) is 20.2 Å². The SMILES string of the molecule is CC(=O)c1oc2ccccc2c1NC(=O)CSc1nnnn1Cc1cccs1. The number of aromatic nitrogens is 4. The fourth-order valence-electron chi connectivity index (χ4n) is 2.67. The summed E-state index contributed by atoms with van der Waals surface area (Å²) in [4.78, 5) is 25.5.